The molecule has 1 amide bonds. The van der Waals surface area contributed by atoms with Crippen molar-refractivity contribution in [3.63, 3.8) is 0 Å². The number of hydrogen-bond donors (Lipinski definition) is 1. The van der Waals surface area contributed by atoms with Gasteiger partial charge in [-0.1, -0.05) is 40.5 Å². The largest absolute Gasteiger partial charge is 0.325 e. The molecule has 0 saturated carbocycles. The van der Waals surface area contributed by atoms with E-state index in [0.29, 0.717) is 5.91 Å². The summed E-state index contributed by atoms with van der Waals surface area (Å²) in [5.74, 6) is 0.312. The summed E-state index contributed by atoms with van der Waals surface area (Å²) in [6, 6.07) is 0.0570. The SMILES string of the molecule is CCCCC1NC(CC)N(CCN(CC)CC)C1=O. The molecule has 0 radical (unpaired) electrons. The highest BCUT2D eigenvalue weighted by molar-refractivity contribution is 5.84. The quantitative estimate of drug-likeness (QED) is 0.696. The molecule has 0 bridgehead atoms. The maximum Gasteiger partial charge on any atom is 0.241 e. The second-order valence-electron chi connectivity index (χ2n) is 5.34. The fourth-order valence-electron chi connectivity index (χ4n) is 2.76. The van der Waals surface area contributed by atoms with Crippen molar-refractivity contribution < 1.29 is 4.79 Å². The lowest BCUT2D eigenvalue weighted by molar-refractivity contribution is -0.130. The van der Waals surface area contributed by atoms with Gasteiger partial charge in [0.1, 0.15) is 0 Å². The summed E-state index contributed by atoms with van der Waals surface area (Å²) in [4.78, 5) is 16.8. The highest BCUT2D eigenvalue weighted by Gasteiger charge is 2.36. The van der Waals surface area contributed by atoms with Crippen LogP contribution in [0.1, 0.15) is 53.4 Å². The average molecular weight is 269 g/mol. The molecule has 4 heteroatoms. The van der Waals surface area contributed by atoms with Gasteiger partial charge in [0.25, 0.3) is 0 Å². The van der Waals surface area contributed by atoms with Gasteiger partial charge in [-0.15, -0.1) is 0 Å². The van der Waals surface area contributed by atoms with Crippen LogP contribution < -0.4 is 5.32 Å². The number of carbonyl (C=O) groups is 1. The summed E-state index contributed by atoms with van der Waals surface area (Å²) in [5.41, 5.74) is 0. The molecule has 4 nitrogen and oxygen atoms in total. The zero-order chi connectivity index (χ0) is 14.3. The van der Waals surface area contributed by atoms with Crippen LogP contribution in [-0.2, 0) is 4.79 Å². The normalized spacial score (nSPS) is 23.6. The first-order valence-corrected chi connectivity index (χ1v) is 7.96. The monoisotopic (exact) mass is 269 g/mol. The average Bonchev–Trinajstić information content (AvgIpc) is 2.74. The molecule has 0 spiro atoms. The molecular weight excluding hydrogens is 238 g/mol. The number of hydrogen-bond acceptors (Lipinski definition) is 3. The summed E-state index contributed by atoms with van der Waals surface area (Å²) < 4.78 is 0. The third kappa shape index (κ3) is 4.46. The van der Waals surface area contributed by atoms with Gasteiger partial charge in [0.2, 0.25) is 5.91 Å². The molecule has 1 saturated heterocycles. The Hall–Kier alpha value is -0.610. The van der Waals surface area contributed by atoms with E-state index >= 15 is 0 Å². The van der Waals surface area contributed by atoms with Crippen LogP contribution in [0.4, 0.5) is 0 Å². The first-order valence-electron chi connectivity index (χ1n) is 7.96. The van der Waals surface area contributed by atoms with Crippen molar-refractivity contribution in [3.8, 4) is 0 Å². The Balaban J connectivity index is 2.52. The van der Waals surface area contributed by atoms with Crippen LogP contribution in [0.15, 0.2) is 0 Å². The summed E-state index contributed by atoms with van der Waals surface area (Å²) in [6.07, 6.45) is 4.50. The van der Waals surface area contributed by atoms with Crippen molar-refractivity contribution in [1.82, 2.24) is 15.1 Å². The molecule has 1 aliphatic heterocycles. The Morgan fingerprint density at radius 1 is 1.21 bits per heavy atom. The number of unbranched alkanes of at least 4 members (excludes halogenated alkanes) is 1. The number of nitrogens with one attached hydrogen (secondary N) is 1. The third-order valence-corrected chi connectivity index (χ3v) is 4.14. The van der Waals surface area contributed by atoms with Gasteiger partial charge in [-0.05, 0) is 25.9 Å². The Labute approximate surface area is 118 Å². The molecule has 1 rings (SSSR count). The Morgan fingerprint density at radius 2 is 1.89 bits per heavy atom. The second-order valence-corrected chi connectivity index (χ2v) is 5.34. The van der Waals surface area contributed by atoms with E-state index in [9.17, 15) is 4.79 Å². The van der Waals surface area contributed by atoms with Crippen LogP contribution in [0.25, 0.3) is 0 Å². The maximum atomic E-state index is 12.4. The van der Waals surface area contributed by atoms with Gasteiger partial charge >= 0.3 is 0 Å². The van der Waals surface area contributed by atoms with E-state index in [-0.39, 0.29) is 12.2 Å². The lowest BCUT2D eigenvalue weighted by Crippen LogP contribution is -2.42. The molecule has 112 valence electrons. The minimum absolute atomic E-state index is 0.0570. The molecule has 0 aromatic carbocycles. The minimum Gasteiger partial charge on any atom is -0.325 e. The molecule has 2 atom stereocenters. The van der Waals surface area contributed by atoms with E-state index in [4.69, 9.17) is 0 Å². The van der Waals surface area contributed by atoms with Crippen molar-refractivity contribution in [1.29, 1.82) is 0 Å². The van der Waals surface area contributed by atoms with E-state index in [2.05, 4.69) is 42.8 Å². The Morgan fingerprint density at radius 3 is 2.42 bits per heavy atom. The molecule has 1 N–H and O–H groups in total. The predicted molar refractivity (Wildman–Crippen MR) is 80.0 cm³/mol. The number of nitrogens with zero attached hydrogens (tertiary/aromatic N) is 2. The van der Waals surface area contributed by atoms with Gasteiger partial charge < -0.3 is 9.80 Å². The molecule has 0 aliphatic carbocycles. The smallest absolute Gasteiger partial charge is 0.241 e. The highest BCUT2D eigenvalue weighted by atomic mass is 16.2. The van der Waals surface area contributed by atoms with Crippen LogP contribution in [-0.4, -0.2) is 54.1 Å². The van der Waals surface area contributed by atoms with Crippen LogP contribution in [0.5, 0.6) is 0 Å². The first-order chi connectivity index (χ1) is 9.17. The summed E-state index contributed by atoms with van der Waals surface area (Å²) >= 11 is 0. The molecule has 19 heavy (non-hydrogen) atoms. The molecule has 1 heterocycles. The van der Waals surface area contributed by atoms with Gasteiger partial charge in [-0.3, -0.25) is 10.1 Å². The third-order valence-electron chi connectivity index (χ3n) is 4.14. The summed E-state index contributed by atoms with van der Waals surface area (Å²) in [5, 5.41) is 3.49. The van der Waals surface area contributed by atoms with Crippen LogP contribution in [0.3, 0.4) is 0 Å². The predicted octanol–water partition coefficient (Wildman–Crippen LogP) is 2.05. The molecule has 0 aromatic rings. The van der Waals surface area contributed by atoms with Crippen LogP contribution in [0.2, 0.25) is 0 Å². The number of likely N-dealkylation sites (N-methyl/N-ethyl adjacent to an activating group) is 1. The fraction of sp³-hybridized carbons (Fsp3) is 0.933. The number of rotatable bonds is 9. The van der Waals surface area contributed by atoms with Gasteiger partial charge in [0.15, 0.2) is 0 Å². The zero-order valence-electron chi connectivity index (χ0n) is 13.1. The van der Waals surface area contributed by atoms with E-state index in [1.54, 1.807) is 0 Å². The number of amides is 1. The number of carbonyl (C=O) groups excluding carboxylic acids is 1. The highest BCUT2D eigenvalue weighted by Crippen LogP contribution is 2.17. The lowest BCUT2D eigenvalue weighted by atomic mass is 10.1. The van der Waals surface area contributed by atoms with E-state index in [1.807, 2.05) is 0 Å². The first kappa shape index (κ1) is 16.4. The topological polar surface area (TPSA) is 35.6 Å². The Kier molecular flexibility index (Phi) is 7.39. The van der Waals surface area contributed by atoms with E-state index < -0.39 is 0 Å². The van der Waals surface area contributed by atoms with Gasteiger partial charge in [-0.2, -0.15) is 0 Å². The molecule has 1 aliphatic rings. The molecule has 1 fully saturated rings. The van der Waals surface area contributed by atoms with E-state index in [1.165, 1.54) is 0 Å². The molecule has 2 unspecified atom stereocenters. The summed E-state index contributed by atoms with van der Waals surface area (Å²) in [6.45, 7) is 12.6. The zero-order valence-corrected chi connectivity index (χ0v) is 13.1. The second kappa shape index (κ2) is 8.54. The van der Waals surface area contributed by atoms with Crippen molar-refractivity contribution in [2.45, 2.75) is 65.6 Å². The van der Waals surface area contributed by atoms with Crippen LogP contribution in [0, 0.1) is 0 Å². The summed E-state index contributed by atoms with van der Waals surface area (Å²) in [7, 11) is 0. The van der Waals surface area contributed by atoms with Crippen molar-refractivity contribution in [2.75, 3.05) is 26.2 Å². The van der Waals surface area contributed by atoms with E-state index in [0.717, 1.165) is 51.9 Å². The van der Waals surface area contributed by atoms with Crippen molar-refractivity contribution >= 4 is 5.91 Å². The van der Waals surface area contributed by atoms with Gasteiger partial charge in [-0.25, -0.2) is 0 Å². The maximum absolute atomic E-state index is 12.4. The van der Waals surface area contributed by atoms with Gasteiger partial charge in [0.05, 0.1) is 12.2 Å². The van der Waals surface area contributed by atoms with Crippen molar-refractivity contribution in [2.24, 2.45) is 0 Å². The fourth-order valence-corrected chi connectivity index (χ4v) is 2.76. The lowest BCUT2D eigenvalue weighted by Gasteiger charge is -2.26. The Bertz CT molecular complexity index is 266. The molecule has 0 aromatic heterocycles. The minimum atomic E-state index is 0.0570. The van der Waals surface area contributed by atoms with Gasteiger partial charge in [0, 0.05) is 13.1 Å². The van der Waals surface area contributed by atoms with Crippen LogP contribution >= 0.6 is 0 Å². The molecular formula is C15H31N3O. The standard InChI is InChI=1S/C15H31N3O/c1-5-9-10-13-15(19)18(14(6-2)16-13)12-11-17(7-3)8-4/h13-14,16H,5-12H2,1-4H3. The van der Waals surface area contributed by atoms with Crippen molar-refractivity contribution in [3.05, 3.63) is 0 Å².